The van der Waals surface area contributed by atoms with E-state index in [4.69, 9.17) is 0 Å². The molecule has 0 aromatic heterocycles. The van der Waals surface area contributed by atoms with Gasteiger partial charge < -0.3 is 0 Å². The van der Waals surface area contributed by atoms with Crippen LogP contribution >= 0.6 is 15.9 Å². The Balaban J connectivity index is 2.94. The SMILES string of the molecule is Cc1ccc(Br)c(CC(F)(F)F)c1. The zero-order valence-electron chi connectivity index (χ0n) is 6.95. The number of benzene rings is 1. The summed E-state index contributed by atoms with van der Waals surface area (Å²) in [6, 6.07) is 4.94. The normalized spacial score (nSPS) is 11.8. The summed E-state index contributed by atoms with van der Waals surface area (Å²) >= 11 is 3.08. The quantitative estimate of drug-likeness (QED) is 0.712. The van der Waals surface area contributed by atoms with Crippen LogP contribution in [-0.2, 0) is 6.42 Å². The molecule has 0 spiro atoms. The van der Waals surface area contributed by atoms with Crippen LogP contribution in [-0.4, -0.2) is 6.18 Å². The van der Waals surface area contributed by atoms with Crippen molar-refractivity contribution in [2.75, 3.05) is 0 Å². The van der Waals surface area contributed by atoms with Gasteiger partial charge in [-0.1, -0.05) is 33.6 Å². The van der Waals surface area contributed by atoms with E-state index in [1.165, 1.54) is 6.07 Å². The highest BCUT2D eigenvalue weighted by molar-refractivity contribution is 9.10. The van der Waals surface area contributed by atoms with Crippen molar-refractivity contribution in [1.29, 1.82) is 0 Å². The molecule has 0 unspecified atom stereocenters. The van der Waals surface area contributed by atoms with Crippen LogP contribution in [0.5, 0.6) is 0 Å². The van der Waals surface area contributed by atoms with Crippen LogP contribution in [0.4, 0.5) is 13.2 Å². The Labute approximate surface area is 82.9 Å². The van der Waals surface area contributed by atoms with Crippen molar-refractivity contribution in [1.82, 2.24) is 0 Å². The standard InChI is InChI=1S/C9H8BrF3/c1-6-2-3-8(10)7(4-6)5-9(11,12)13/h2-4H,5H2,1H3. The van der Waals surface area contributed by atoms with Crippen LogP contribution in [0.15, 0.2) is 22.7 Å². The van der Waals surface area contributed by atoms with Crippen molar-refractivity contribution < 1.29 is 13.2 Å². The fourth-order valence-corrected chi connectivity index (χ4v) is 1.44. The Bertz CT molecular complexity index is 304. The maximum atomic E-state index is 12.0. The number of hydrogen-bond acceptors (Lipinski definition) is 0. The Morgan fingerprint density at radius 2 is 1.92 bits per heavy atom. The lowest BCUT2D eigenvalue weighted by Crippen LogP contribution is -2.11. The fraction of sp³-hybridized carbons (Fsp3) is 0.333. The van der Waals surface area contributed by atoms with Crippen LogP contribution in [0.3, 0.4) is 0 Å². The number of rotatable bonds is 1. The fourth-order valence-electron chi connectivity index (χ4n) is 1.05. The summed E-state index contributed by atoms with van der Waals surface area (Å²) in [7, 11) is 0. The smallest absolute Gasteiger partial charge is 0.171 e. The second-order valence-electron chi connectivity index (χ2n) is 2.89. The molecule has 0 N–H and O–H groups in total. The van der Waals surface area contributed by atoms with E-state index in [2.05, 4.69) is 15.9 Å². The average molecular weight is 253 g/mol. The Morgan fingerprint density at radius 1 is 1.31 bits per heavy atom. The monoisotopic (exact) mass is 252 g/mol. The molecule has 0 fully saturated rings. The zero-order chi connectivity index (χ0) is 10.1. The molecule has 0 saturated heterocycles. The first-order chi connectivity index (χ1) is 5.88. The maximum absolute atomic E-state index is 12.0. The third kappa shape index (κ3) is 3.38. The van der Waals surface area contributed by atoms with E-state index in [1.807, 2.05) is 0 Å². The van der Waals surface area contributed by atoms with Crippen LogP contribution in [0.2, 0.25) is 0 Å². The summed E-state index contributed by atoms with van der Waals surface area (Å²) in [4.78, 5) is 0. The van der Waals surface area contributed by atoms with Gasteiger partial charge in [0, 0.05) is 4.47 Å². The summed E-state index contributed by atoms with van der Waals surface area (Å²) < 4.78 is 36.6. The first kappa shape index (κ1) is 10.6. The van der Waals surface area contributed by atoms with Crippen molar-refractivity contribution in [2.24, 2.45) is 0 Å². The number of halogens is 4. The Hall–Kier alpha value is -0.510. The molecule has 0 saturated carbocycles. The van der Waals surface area contributed by atoms with Gasteiger partial charge in [0.15, 0.2) is 0 Å². The van der Waals surface area contributed by atoms with Gasteiger partial charge in [-0.15, -0.1) is 0 Å². The molecule has 0 aliphatic heterocycles. The van der Waals surface area contributed by atoms with E-state index in [9.17, 15) is 13.2 Å². The van der Waals surface area contributed by atoms with Gasteiger partial charge in [-0.2, -0.15) is 13.2 Å². The summed E-state index contributed by atoms with van der Waals surface area (Å²) in [5.74, 6) is 0. The molecule has 1 aromatic rings. The van der Waals surface area contributed by atoms with Crippen molar-refractivity contribution in [2.45, 2.75) is 19.5 Å². The molecule has 1 aromatic carbocycles. The molecule has 0 amide bonds. The average Bonchev–Trinajstić information content (AvgIpc) is 1.94. The second-order valence-corrected chi connectivity index (χ2v) is 3.74. The highest BCUT2D eigenvalue weighted by Crippen LogP contribution is 2.26. The molecule has 0 atom stereocenters. The van der Waals surface area contributed by atoms with Gasteiger partial charge in [-0.3, -0.25) is 0 Å². The molecule has 0 nitrogen and oxygen atoms in total. The van der Waals surface area contributed by atoms with Gasteiger partial charge in [-0.05, 0) is 18.6 Å². The lowest BCUT2D eigenvalue weighted by molar-refractivity contribution is -0.127. The minimum absolute atomic E-state index is 0.285. The molecular weight excluding hydrogens is 245 g/mol. The van der Waals surface area contributed by atoms with Gasteiger partial charge in [0.2, 0.25) is 0 Å². The molecule has 13 heavy (non-hydrogen) atoms. The van der Waals surface area contributed by atoms with Gasteiger partial charge in [0.25, 0.3) is 0 Å². The second kappa shape index (κ2) is 3.70. The highest BCUT2D eigenvalue weighted by Gasteiger charge is 2.28. The summed E-state index contributed by atoms with van der Waals surface area (Å²) in [6.07, 6.45) is -5.02. The summed E-state index contributed by atoms with van der Waals surface area (Å²) in [5, 5.41) is 0. The molecule has 0 radical (unpaired) electrons. The van der Waals surface area contributed by atoms with Crippen molar-refractivity contribution in [3.63, 3.8) is 0 Å². The summed E-state index contributed by atoms with van der Waals surface area (Å²) in [6.45, 7) is 1.77. The molecule has 0 bridgehead atoms. The van der Waals surface area contributed by atoms with Crippen LogP contribution in [0.1, 0.15) is 11.1 Å². The van der Waals surface area contributed by atoms with E-state index < -0.39 is 12.6 Å². The number of alkyl halides is 3. The lowest BCUT2D eigenvalue weighted by atomic mass is 10.1. The molecule has 1 rings (SSSR count). The number of hydrogen-bond donors (Lipinski definition) is 0. The molecule has 72 valence electrons. The van der Waals surface area contributed by atoms with Gasteiger partial charge >= 0.3 is 6.18 Å². The third-order valence-corrected chi connectivity index (χ3v) is 2.37. The van der Waals surface area contributed by atoms with Crippen LogP contribution < -0.4 is 0 Å². The lowest BCUT2D eigenvalue weighted by Gasteiger charge is -2.08. The topological polar surface area (TPSA) is 0 Å². The van der Waals surface area contributed by atoms with Crippen molar-refractivity contribution in [3.05, 3.63) is 33.8 Å². The first-order valence-electron chi connectivity index (χ1n) is 3.70. The Morgan fingerprint density at radius 3 is 2.46 bits per heavy atom. The molecule has 4 heteroatoms. The highest BCUT2D eigenvalue weighted by atomic mass is 79.9. The molecule has 0 heterocycles. The van der Waals surface area contributed by atoms with Gasteiger partial charge in [0.1, 0.15) is 0 Å². The largest absolute Gasteiger partial charge is 0.393 e. The molecule has 0 aliphatic carbocycles. The minimum Gasteiger partial charge on any atom is -0.171 e. The van der Waals surface area contributed by atoms with Crippen LogP contribution in [0.25, 0.3) is 0 Å². The molecular formula is C9H8BrF3. The summed E-state index contributed by atoms with van der Waals surface area (Å²) in [5.41, 5.74) is 1.12. The van der Waals surface area contributed by atoms with Crippen LogP contribution in [0, 0.1) is 6.92 Å². The Kier molecular flexibility index (Phi) is 3.01. The van der Waals surface area contributed by atoms with E-state index in [0.29, 0.717) is 4.47 Å². The zero-order valence-corrected chi connectivity index (χ0v) is 8.54. The predicted octanol–water partition coefficient (Wildman–Crippen LogP) is 3.86. The maximum Gasteiger partial charge on any atom is 0.393 e. The van der Waals surface area contributed by atoms with Crippen molar-refractivity contribution >= 4 is 15.9 Å². The van der Waals surface area contributed by atoms with E-state index in [0.717, 1.165) is 5.56 Å². The van der Waals surface area contributed by atoms with Crippen molar-refractivity contribution in [3.8, 4) is 0 Å². The van der Waals surface area contributed by atoms with E-state index in [1.54, 1.807) is 19.1 Å². The minimum atomic E-state index is -4.14. The van der Waals surface area contributed by atoms with E-state index in [-0.39, 0.29) is 5.56 Å². The first-order valence-corrected chi connectivity index (χ1v) is 4.49. The van der Waals surface area contributed by atoms with E-state index >= 15 is 0 Å². The third-order valence-electron chi connectivity index (χ3n) is 1.59. The van der Waals surface area contributed by atoms with Gasteiger partial charge in [-0.25, -0.2) is 0 Å². The number of aryl methyl sites for hydroxylation is 1. The van der Waals surface area contributed by atoms with Gasteiger partial charge in [0.05, 0.1) is 6.42 Å². The predicted molar refractivity (Wildman–Crippen MR) is 48.6 cm³/mol. The molecule has 0 aliphatic rings.